The molecule has 1 aromatic heterocycles. The summed E-state index contributed by atoms with van der Waals surface area (Å²) in [5.41, 5.74) is 1.35. The second-order valence-corrected chi connectivity index (χ2v) is 9.13. The summed E-state index contributed by atoms with van der Waals surface area (Å²) in [4.78, 5) is 14.4. The quantitative estimate of drug-likeness (QED) is 0.651. The Labute approximate surface area is 168 Å². The third-order valence-corrected chi connectivity index (χ3v) is 6.89. The number of halogens is 1. The van der Waals surface area contributed by atoms with Crippen LogP contribution >= 0.6 is 11.6 Å². The lowest BCUT2D eigenvalue weighted by molar-refractivity contribution is 0.0668. The molecule has 0 N–H and O–H groups in total. The Bertz CT molecular complexity index is 1100. The number of benzene rings is 2. The highest BCUT2D eigenvalue weighted by Gasteiger charge is 2.30. The highest BCUT2D eigenvalue weighted by molar-refractivity contribution is 7.88. The minimum atomic E-state index is -3.42. The second-order valence-electron chi connectivity index (χ2n) is 6.73. The van der Waals surface area contributed by atoms with Gasteiger partial charge >= 0.3 is 0 Å². The molecule has 0 atom stereocenters. The summed E-state index contributed by atoms with van der Waals surface area (Å²) in [7, 11) is -3.42. The average molecular weight is 419 g/mol. The van der Waals surface area contributed by atoms with Crippen molar-refractivity contribution in [2.45, 2.75) is 5.75 Å². The lowest BCUT2D eigenvalue weighted by atomic mass is 10.2. The number of piperazine rings is 1. The summed E-state index contributed by atoms with van der Waals surface area (Å²) >= 11 is 5.97. The summed E-state index contributed by atoms with van der Waals surface area (Å²) in [6.45, 7) is 1.19. The van der Waals surface area contributed by atoms with Gasteiger partial charge in [0.05, 0.1) is 5.75 Å². The predicted octanol–water partition coefficient (Wildman–Crippen LogP) is 3.37. The maximum absolute atomic E-state index is 12.7. The number of carbonyl (C=O) groups is 1. The standard InChI is InChI=1S/C20H19ClN2O4S/c21-17-6-7-18-16(12-17)13-19(27-18)20(24)22-8-10-23(11-9-22)28(25,26)14-15-4-2-1-3-5-15/h1-7,12-13H,8-11,14H2. The van der Waals surface area contributed by atoms with E-state index in [1.807, 2.05) is 18.2 Å². The van der Waals surface area contributed by atoms with Crippen LogP contribution in [0.2, 0.25) is 5.02 Å². The summed E-state index contributed by atoms with van der Waals surface area (Å²) in [5.74, 6) is -0.0446. The van der Waals surface area contributed by atoms with Gasteiger partial charge in [-0.1, -0.05) is 41.9 Å². The Balaban J connectivity index is 1.42. The van der Waals surface area contributed by atoms with Gasteiger partial charge in [-0.15, -0.1) is 0 Å². The first-order valence-corrected chi connectivity index (χ1v) is 10.9. The zero-order valence-electron chi connectivity index (χ0n) is 15.0. The van der Waals surface area contributed by atoms with Crippen LogP contribution in [-0.2, 0) is 15.8 Å². The van der Waals surface area contributed by atoms with Gasteiger partial charge in [-0.25, -0.2) is 8.42 Å². The van der Waals surface area contributed by atoms with Crippen molar-refractivity contribution in [2.75, 3.05) is 26.2 Å². The molecule has 1 amide bonds. The summed E-state index contributed by atoms with van der Waals surface area (Å²) in [5, 5.41) is 1.34. The molecule has 2 heterocycles. The van der Waals surface area contributed by atoms with E-state index < -0.39 is 10.0 Å². The maximum Gasteiger partial charge on any atom is 0.289 e. The fourth-order valence-corrected chi connectivity index (χ4v) is 5.02. The van der Waals surface area contributed by atoms with Gasteiger partial charge in [-0.2, -0.15) is 4.31 Å². The molecule has 3 aromatic rings. The minimum absolute atomic E-state index is 0.0356. The summed E-state index contributed by atoms with van der Waals surface area (Å²) < 4.78 is 32.4. The lowest BCUT2D eigenvalue weighted by Crippen LogP contribution is -2.50. The molecule has 0 unspecified atom stereocenters. The second kappa shape index (κ2) is 7.58. The molecule has 6 nitrogen and oxygen atoms in total. The SMILES string of the molecule is O=C(c1cc2cc(Cl)ccc2o1)N1CCN(S(=O)(=O)Cc2ccccc2)CC1. The molecule has 28 heavy (non-hydrogen) atoms. The molecule has 1 fully saturated rings. The van der Waals surface area contributed by atoms with E-state index in [1.54, 1.807) is 41.3 Å². The third kappa shape index (κ3) is 3.92. The molecule has 0 saturated carbocycles. The van der Waals surface area contributed by atoms with Crippen LogP contribution in [0.25, 0.3) is 11.0 Å². The van der Waals surface area contributed by atoms with Crippen LogP contribution in [0.1, 0.15) is 16.1 Å². The van der Waals surface area contributed by atoms with Gasteiger partial charge in [0.1, 0.15) is 5.58 Å². The van der Waals surface area contributed by atoms with Crippen LogP contribution in [0.15, 0.2) is 59.0 Å². The molecule has 0 radical (unpaired) electrons. The molecule has 0 aliphatic carbocycles. The molecule has 0 bridgehead atoms. The van der Waals surface area contributed by atoms with Crippen molar-refractivity contribution >= 4 is 38.5 Å². The number of hydrogen-bond acceptors (Lipinski definition) is 4. The molecule has 146 valence electrons. The number of fused-ring (bicyclic) bond motifs is 1. The maximum atomic E-state index is 12.7. The highest BCUT2D eigenvalue weighted by Crippen LogP contribution is 2.24. The molecule has 1 saturated heterocycles. The predicted molar refractivity (Wildman–Crippen MR) is 108 cm³/mol. The van der Waals surface area contributed by atoms with Crippen molar-refractivity contribution in [1.29, 1.82) is 0 Å². The molecule has 1 aliphatic rings. The molecule has 0 spiro atoms. The zero-order chi connectivity index (χ0) is 19.7. The molecule has 4 rings (SSSR count). The molecular formula is C20H19ClN2O4S. The number of furan rings is 1. The zero-order valence-corrected chi connectivity index (χ0v) is 16.6. The number of amides is 1. The largest absolute Gasteiger partial charge is 0.451 e. The van der Waals surface area contributed by atoms with Crippen molar-refractivity contribution in [1.82, 2.24) is 9.21 Å². The molecule has 2 aromatic carbocycles. The Kier molecular flexibility index (Phi) is 5.14. The van der Waals surface area contributed by atoms with Crippen molar-refractivity contribution in [3.8, 4) is 0 Å². The third-order valence-electron chi connectivity index (χ3n) is 4.80. The number of sulfonamides is 1. The van der Waals surface area contributed by atoms with Crippen LogP contribution in [0, 0.1) is 0 Å². The van der Waals surface area contributed by atoms with Gasteiger partial charge in [-0.3, -0.25) is 4.79 Å². The van der Waals surface area contributed by atoms with Gasteiger partial charge in [0, 0.05) is 36.6 Å². The average Bonchev–Trinajstić information content (AvgIpc) is 3.11. The lowest BCUT2D eigenvalue weighted by Gasteiger charge is -2.33. The van der Waals surface area contributed by atoms with Crippen LogP contribution in [-0.4, -0.2) is 49.7 Å². The van der Waals surface area contributed by atoms with Crippen LogP contribution in [0.4, 0.5) is 0 Å². The molecular weight excluding hydrogens is 400 g/mol. The van der Waals surface area contributed by atoms with E-state index in [0.29, 0.717) is 23.7 Å². The van der Waals surface area contributed by atoms with Crippen molar-refractivity contribution < 1.29 is 17.6 Å². The molecule has 8 heteroatoms. The Hall–Kier alpha value is -2.35. The molecule has 1 aliphatic heterocycles. The first-order chi connectivity index (χ1) is 13.4. The normalized spacial score (nSPS) is 15.8. The highest BCUT2D eigenvalue weighted by atomic mass is 35.5. The van der Waals surface area contributed by atoms with Gasteiger partial charge in [-0.05, 0) is 29.8 Å². The topological polar surface area (TPSA) is 70.8 Å². The van der Waals surface area contributed by atoms with E-state index in [0.717, 1.165) is 10.9 Å². The first kappa shape index (κ1) is 19.0. The van der Waals surface area contributed by atoms with Crippen molar-refractivity contribution in [3.05, 3.63) is 70.9 Å². The van der Waals surface area contributed by atoms with E-state index in [9.17, 15) is 13.2 Å². The number of rotatable bonds is 4. The Morgan fingerprint density at radius 2 is 1.71 bits per heavy atom. The fourth-order valence-electron chi connectivity index (χ4n) is 3.32. The number of hydrogen-bond donors (Lipinski definition) is 0. The number of carbonyl (C=O) groups excluding carboxylic acids is 1. The van der Waals surface area contributed by atoms with E-state index in [1.165, 1.54) is 4.31 Å². The monoisotopic (exact) mass is 418 g/mol. The van der Waals surface area contributed by atoms with E-state index in [2.05, 4.69) is 0 Å². The van der Waals surface area contributed by atoms with E-state index >= 15 is 0 Å². The smallest absolute Gasteiger partial charge is 0.289 e. The van der Waals surface area contributed by atoms with Crippen LogP contribution < -0.4 is 0 Å². The van der Waals surface area contributed by atoms with Crippen LogP contribution in [0.5, 0.6) is 0 Å². The van der Waals surface area contributed by atoms with Crippen molar-refractivity contribution in [2.24, 2.45) is 0 Å². The van der Waals surface area contributed by atoms with Gasteiger partial charge in [0.15, 0.2) is 5.76 Å². The van der Waals surface area contributed by atoms with Crippen LogP contribution in [0.3, 0.4) is 0 Å². The Morgan fingerprint density at radius 3 is 2.43 bits per heavy atom. The minimum Gasteiger partial charge on any atom is -0.451 e. The van der Waals surface area contributed by atoms with Gasteiger partial charge < -0.3 is 9.32 Å². The Morgan fingerprint density at radius 1 is 1.00 bits per heavy atom. The number of nitrogens with zero attached hydrogens (tertiary/aromatic N) is 2. The fraction of sp³-hybridized carbons (Fsp3) is 0.250. The first-order valence-electron chi connectivity index (χ1n) is 8.92. The van der Waals surface area contributed by atoms with E-state index in [4.69, 9.17) is 16.0 Å². The summed E-state index contributed by atoms with van der Waals surface area (Å²) in [6.07, 6.45) is 0. The summed E-state index contributed by atoms with van der Waals surface area (Å²) in [6, 6.07) is 15.9. The van der Waals surface area contributed by atoms with E-state index in [-0.39, 0.29) is 30.5 Å². The van der Waals surface area contributed by atoms with Crippen molar-refractivity contribution in [3.63, 3.8) is 0 Å². The van der Waals surface area contributed by atoms with Gasteiger partial charge in [0.25, 0.3) is 5.91 Å². The van der Waals surface area contributed by atoms with Gasteiger partial charge in [0.2, 0.25) is 10.0 Å².